The lowest BCUT2D eigenvalue weighted by atomic mass is 10.1. The Bertz CT molecular complexity index is 2760. The van der Waals surface area contributed by atoms with Gasteiger partial charge in [-0.25, -0.2) is 41.9 Å². The number of rotatable bonds is 14. The van der Waals surface area contributed by atoms with E-state index in [-0.39, 0.29) is 68.7 Å². The van der Waals surface area contributed by atoms with Gasteiger partial charge in [-0.05, 0) is 71.8 Å². The standard InChI is InChI=1S/C36H30F6N10O6S2/c1-57-28-12-10-22(35(37,38)39)15-27(28)31-45-19-47-33(51-31)48-24-7-3-5-20(13-24)17-59(53,54)52-32(60(43,55)56)21-6-4-8-25(14-21)49-34-46-18-44-30(50-34)26-11-9-23(36(40,41)42)16-29(26)58-2/h3-16,18-19,32,52H,17H2,1-2H3,(H2,43,55,56)(H,44,46,49,50)(H,45,47,48,51). The van der Waals surface area contributed by atoms with Crippen LogP contribution in [0.25, 0.3) is 22.8 Å². The van der Waals surface area contributed by atoms with Crippen LogP contribution in [-0.4, -0.2) is 61.0 Å². The molecule has 6 rings (SSSR count). The summed E-state index contributed by atoms with van der Waals surface area (Å²) in [7, 11) is -6.67. The van der Waals surface area contributed by atoms with E-state index in [0.29, 0.717) is 0 Å². The third kappa shape index (κ3) is 10.6. The van der Waals surface area contributed by atoms with Crippen LogP contribution in [0, 0.1) is 0 Å². The van der Waals surface area contributed by atoms with Gasteiger partial charge < -0.3 is 20.1 Å². The van der Waals surface area contributed by atoms with Gasteiger partial charge >= 0.3 is 12.4 Å². The molecule has 24 heteroatoms. The first-order valence-corrected chi connectivity index (χ1v) is 20.1. The molecule has 0 radical (unpaired) electrons. The number of nitrogens with zero attached hydrogens (tertiary/aromatic N) is 6. The molecular formula is C36H30F6N10O6S2. The molecule has 2 heterocycles. The van der Waals surface area contributed by atoms with Crippen LogP contribution in [-0.2, 0) is 38.2 Å². The molecule has 60 heavy (non-hydrogen) atoms. The van der Waals surface area contributed by atoms with Crippen molar-refractivity contribution < 1.29 is 52.7 Å². The monoisotopic (exact) mass is 876 g/mol. The SMILES string of the molecule is COc1cc(C(F)(F)F)ccc1-c1ncnc(Nc2cccc(C(NS(=O)(=O)Cc3cccc(Nc4ncnc(-c5cc(C(F)(F)F)ccc5OC)n4)c3)S(N)(=O)=O)c2)n1. The minimum atomic E-state index is -4.65. The summed E-state index contributed by atoms with van der Waals surface area (Å²) in [5.41, 5.74) is -1.37. The van der Waals surface area contributed by atoms with Gasteiger partial charge in [-0.15, -0.1) is 0 Å². The molecule has 6 aromatic rings. The molecule has 4 aromatic carbocycles. The summed E-state index contributed by atoms with van der Waals surface area (Å²) in [5.74, 6) is -1.25. The van der Waals surface area contributed by atoms with Gasteiger partial charge in [-0.1, -0.05) is 24.3 Å². The molecule has 0 aliphatic rings. The Morgan fingerprint density at radius 1 is 0.650 bits per heavy atom. The summed E-state index contributed by atoms with van der Waals surface area (Å²) < 4.78 is 145. The lowest BCUT2D eigenvalue weighted by molar-refractivity contribution is -0.138. The fourth-order valence-corrected chi connectivity index (χ4v) is 8.28. The number of nitrogens with one attached hydrogen (secondary N) is 3. The van der Waals surface area contributed by atoms with Crippen molar-refractivity contribution in [2.45, 2.75) is 23.5 Å². The minimum Gasteiger partial charge on any atom is -0.496 e. The second-order valence-electron chi connectivity index (χ2n) is 12.5. The third-order valence-electron chi connectivity index (χ3n) is 8.28. The summed E-state index contributed by atoms with van der Waals surface area (Å²) in [6, 6.07) is 16.9. The molecule has 0 aliphatic carbocycles. The number of halogens is 6. The van der Waals surface area contributed by atoms with Crippen molar-refractivity contribution in [1.29, 1.82) is 0 Å². The number of aromatic nitrogens is 6. The van der Waals surface area contributed by atoms with Crippen LogP contribution < -0.4 is 30.0 Å². The topological polar surface area (TPSA) is 226 Å². The van der Waals surface area contributed by atoms with E-state index in [2.05, 4.69) is 45.3 Å². The predicted octanol–water partition coefficient (Wildman–Crippen LogP) is 6.34. The van der Waals surface area contributed by atoms with Crippen molar-refractivity contribution in [3.8, 4) is 34.3 Å². The van der Waals surface area contributed by atoms with Crippen molar-refractivity contribution in [1.82, 2.24) is 34.6 Å². The molecule has 5 N–H and O–H groups in total. The fraction of sp³-hybridized carbons (Fsp3) is 0.167. The van der Waals surface area contributed by atoms with E-state index < -0.39 is 54.7 Å². The Balaban J connectivity index is 1.18. The van der Waals surface area contributed by atoms with Crippen LogP contribution in [0.15, 0.2) is 97.6 Å². The van der Waals surface area contributed by atoms with Crippen molar-refractivity contribution in [3.05, 3.63) is 120 Å². The van der Waals surface area contributed by atoms with Crippen molar-refractivity contribution in [2.24, 2.45) is 5.14 Å². The van der Waals surface area contributed by atoms with Gasteiger partial charge in [-0.3, -0.25) is 0 Å². The number of methoxy groups -OCH3 is 2. The van der Waals surface area contributed by atoms with Crippen molar-refractivity contribution in [3.63, 3.8) is 0 Å². The van der Waals surface area contributed by atoms with Gasteiger partial charge in [0.1, 0.15) is 24.2 Å². The number of alkyl halides is 6. The second-order valence-corrected chi connectivity index (χ2v) is 15.9. The highest BCUT2D eigenvalue weighted by atomic mass is 32.2. The molecule has 0 saturated carbocycles. The van der Waals surface area contributed by atoms with Crippen molar-refractivity contribution in [2.75, 3.05) is 24.9 Å². The smallest absolute Gasteiger partial charge is 0.416 e. The predicted molar refractivity (Wildman–Crippen MR) is 205 cm³/mol. The zero-order valence-electron chi connectivity index (χ0n) is 30.8. The van der Waals surface area contributed by atoms with E-state index in [1.54, 1.807) is 0 Å². The number of primary sulfonamides is 1. The lowest BCUT2D eigenvalue weighted by Crippen LogP contribution is -2.37. The van der Waals surface area contributed by atoms with Crippen LogP contribution in [0.1, 0.15) is 27.6 Å². The highest BCUT2D eigenvalue weighted by Gasteiger charge is 2.33. The third-order valence-corrected chi connectivity index (χ3v) is 10.8. The molecule has 0 spiro atoms. The van der Waals surface area contributed by atoms with Gasteiger partial charge in [0.2, 0.25) is 31.9 Å². The van der Waals surface area contributed by atoms with Gasteiger partial charge in [0, 0.05) is 11.4 Å². The zero-order valence-corrected chi connectivity index (χ0v) is 32.4. The Morgan fingerprint density at radius 3 is 1.78 bits per heavy atom. The Hall–Kier alpha value is -6.50. The minimum absolute atomic E-state index is 0.0578. The van der Waals surface area contributed by atoms with E-state index in [0.717, 1.165) is 49.1 Å². The summed E-state index contributed by atoms with van der Waals surface area (Å²) in [6.07, 6.45) is -7.14. The largest absolute Gasteiger partial charge is 0.496 e. The maximum absolute atomic E-state index is 13.4. The van der Waals surface area contributed by atoms with Crippen LogP contribution in [0.4, 0.5) is 49.6 Å². The molecule has 0 saturated heterocycles. The summed E-state index contributed by atoms with van der Waals surface area (Å²) in [6.45, 7) is 0. The quantitative estimate of drug-likeness (QED) is 0.0877. The molecule has 0 fully saturated rings. The van der Waals surface area contributed by atoms with Gasteiger partial charge in [0.15, 0.2) is 17.0 Å². The number of anilines is 4. The number of hydrogen-bond donors (Lipinski definition) is 4. The lowest BCUT2D eigenvalue weighted by Gasteiger charge is -2.18. The molecule has 314 valence electrons. The van der Waals surface area contributed by atoms with Gasteiger partial charge in [-0.2, -0.15) is 41.0 Å². The van der Waals surface area contributed by atoms with Gasteiger partial charge in [0.25, 0.3) is 0 Å². The van der Waals surface area contributed by atoms with E-state index in [4.69, 9.17) is 14.6 Å². The number of nitrogens with two attached hydrogens (primary N) is 1. The van der Waals surface area contributed by atoms with Crippen LogP contribution in [0.3, 0.4) is 0 Å². The van der Waals surface area contributed by atoms with Crippen LogP contribution >= 0.6 is 0 Å². The van der Waals surface area contributed by atoms with E-state index in [1.165, 1.54) is 62.8 Å². The molecule has 2 aromatic heterocycles. The Morgan fingerprint density at radius 2 is 1.20 bits per heavy atom. The highest BCUT2D eigenvalue weighted by molar-refractivity contribution is 7.92. The maximum atomic E-state index is 13.4. The number of hydrogen-bond acceptors (Lipinski definition) is 14. The number of sulfonamides is 2. The maximum Gasteiger partial charge on any atom is 0.416 e. The second kappa shape index (κ2) is 17.0. The highest BCUT2D eigenvalue weighted by Crippen LogP contribution is 2.38. The first kappa shape index (κ1) is 43.1. The summed E-state index contributed by atoms with van der Waals surface area (Å²) in [5, 5.41) is 9.18. The molecular weight excluding hydrogens is 847 g/mol. The van der Waals surface area contributed by atoms with E-state index in [1.807, 2.05) is 0 Å². The van der Waals surface area contributed by atoms with Crippen LogP contribution in [0.5, 0.6) is 11.5 Å². The summed E-state index contributed by atoms with van der Waals surface area (Å²) in [4.78, 5) is 24.4. The molecule has 16 nitrogen and oxygen atoms in total. The summed E-state index contributed by atoms with van der Waals surface area (Å²) >= 11 is 0. The van der Waals surface area contributed by atoms with E-state index in [9.17, 15) is 43.2 Å². The van der Waals surface area contributed by atoms with E-state index >= 15 is 0 Å². The molecule has 0 bridgehead atoms. The normalized spacial score (nSPS) is 12.8. The Kier molecular flexibility index (Phi) is 12.2. The first-order chi connectivity index (χ1) is 28.2. The average molecular weight is 877 g/mol. The first-order valence-electron chi connectivity index (χ1n) is 16.9. The number of benzene rings is 4. The zero-order chi connectivity index (χ0) is 43.5. The fourth-order valence-electron chi connectivity index (χ4n) is 5.61. The molecule has 1 unspecified atom stereocenters. The van der Waals surface area contributed by atoms with Crippen LogP contribution in [0.2, 0.25) is 0 Å². The molecule has 1 atom stereocenters. The van der Waals surface area contributed by atoms with Crippen molar-refractivity contribution >= 4 is 43.3 Å². The molecule has 0 aliphatic heterocycles. The number of ether oxygens (including phenoxy) is 2. The van der Waals surface area contributed by atoms with Gasteiger partial charge in [0.05, 0.1) is 42.2 Å². The Labute approximate surface area is 337 Å². The molecule has 0 amide bonds. The average Bonchev–Trinajstić information content (AvgIpc) is 3.18.